The van der Waals surface area contributed by atoms with Gasteiger partial charge in [-0.3, -0.25) is 9.59 Å². The van der Waals surface area contributed by atoms with Crippen molar-refractivity contribution < 1.29 is 37.8 Å². The van der Waals surface area contributed by atoms with Gasteiger partial charge in [-0.05, 0) is 93.8 Å². The molecule has 0 radical (unpaired) electrons. The third-order valence-corrected chi connectivity index (χ3v) is 8.38. The van der Waals surface area contributed by atoms with E-state index in [2.05, 4.69) is 5.32 Å². The van der Waals surface area contributed by atoms with Crippen LogP contribution in [0.25, 0.3) is 0 Å². The van der Waals surface area contributed by atoms with E-state index in [9.17, 15) is 27.9 Å². The van der Waals surface area contributed by atoms with Crippen molar-refractivity contribution in [1.82, 2.24) is 10.2 Å². The number of ether oxygens (including phenoxy) is 1. The number of aliphatic carboxylic acids is 1. The van der Waals surface area contributed by atoms with Gasteiger partial charge in [0.15, 0.2) is 0 Å². The van der Waals surface area contributed by atoms with Crippen LogP contribution in [0, 0.1) is 0 Å². The quantitative estimate of drug-likeness (QED) is 0.271. The summed E-state index contributed by atoms with van der Waals surface area (Å²) in [7, 11) is -3.91. The fourth-order valence-electron chi connectivity index (χ4n) is 4.20. The van der Waals surface area contributed by atoms with Gasteiger partial charge in [0.05, 0.1) is 22.4 Å². The Morgan fingerprint density at radius 1 is 0.977 bits per heavy atom. The number of nitrogens with zero attached hydrogens (tertiary/aromatic N) is 1. The minimum atomic E-state index is -3.91. The van der Waals surface area contributed by atoms with Gasteiger partial charge in [-0.15, -0.1) is 0 Å². The molecule has 0 spiro atoms. The Balaban J connectivity index is 1.76. The summed E-state index contributed by atoms with van der Waals surface area (Å²) in [6.45, 7) is 6.47. The molecule has 0 aliphatic heterocycles. The molecule has 0 saturated heterocycles. The molecule has 3 rings (SSSR count). The lowest BCUT2D eigenvalue weighted by atomic mass is 10.0. The minimum absolute atomic E-state index is 0.0329. The zero-order valence-corrected chi connectivity index (χ0v) is 25.9. The zero-order valence-electron chi connectivity index (χ0n) is 24.3. The van der Waals surface area contributed by atoms with Gasteiger partial charge < -0.3 is 25.2 Å². The summed E-state index contributed by atoms with van der Waals surface area (Å²) in [5.74, 6) is -1.83. The van der Waals surface area contributed by atoms with Crippen molar-refractivity contribution in [3.05, 3.63) is 94.5 Å². The van der Waals surface area contributed by atoms with E-state index >= 15 is 0 Å². The molecule has 2 atom stereocenters. The second-order valence-corrected chi connectivity index (χ2v) is 13.4. The maximum absolute atomic E-state index is 13.2. The second kappa shape index (κ2) is 14.0. The largest absolute Gasteiger partial charge is 0.480 e. The van der Waals surface area contributed by atoms with E-state index in [1.165, 1.54) is 41.3 Å². The summed E-state index contributed by atoms with van der Waals surface area (Å²) in [4.78, 5) is 37.3. The monoisotopic (exact) mass is 630 g/mol. The highest BCUT2D eigenvalue weighted by Crippen LogP contribution is 2.25. The van der Waals surface area contributed by atoms with Crippen molar-refractivity contribution in [2.45, 2.75) is 61.7 Å². The molecule has 0 saturated carbocycles. The normalized spacial score (nSPS) is 13.1. The molecule has 0 bridgehead atoms. The van der Waals surface area contributed by atoms with Crippen molar-refractivity contribution >= 4 is 39.4 Å². The summed E-state index contributed by atoms with van der Waals surface area (Å²) in [5.41, 5.74) is 0.672. The highest BCUT2D eigenvalue weighted by atomic mass is 35.5. The number of aliphatic hydroxyl groups excluding tert-OH is 1. The van der Waals surface area contributed by atoms with Crippen LogP contribution in [0.1, 0.15) is 55.3 Å². The Morgan fingerprint density at radius 2 is 1.56 bits per heavy atom. The predicted octanol–water partition coefficient (Wildman–Crippen LogP) is 4.89. The number of hydrogen-bond donors (Lipinski definition) is 3. The highest BCUT2D eigenvalue weighted by Gasteiger charge is 2.29. The third-order valence-electron chi connectivity index (χ3n) is 6.35. The summed E-state index contributed by atoms with van der Waals surface area (Å²) < 4.78 is 32.0. The van der Waals surface area contributed by atoms with Crippen molar-refractivity contribution in [1.29, 1.82) is 0 Å². The number of carboxylic acid groups (broad SMARTS) is 1. The van der Waals surface area contributed by atoms with Crippen molar-refractivity contribution in [2.24, 2.45) is 0 Å². The van der Waals surface area contributed by atoms with E-state index in [4.69, 9.17) is 21.4 Å². The molecule has 230 valence electrons. The molecule has 0 heterocycles. The molecule has 2 amide bonds. The lowest BCUT2D eigenvalue weighted by Crippen LogP contribution is -2.45. The summed E-state index contributed by atoms with van der Waals surface area (Å²) in [6.07, 6.45) is -1.27. The average molecular weight is 631 g/mol. The fraction of sp³-hybridized carbons (Fsp3) is 0.323. The van der Waals surface area contributed by atoms with E-state index < -0.39 is 52.1 Å². The van der Waals surface area contributed by atoms with Gasteiger partial charge in [-0.1, -0.05) is 35.9 Å². The number of nitrogens with one attached hydrogen (secondary N) is 1. The summed E-state index contributed by atoms with van der Waals surface area (Å²) in [5, 5.41) is 22.3. The SMILES string of the molecule is CC(Cc1ccc(S(=O)(=O)c2ccc(C(=O)NCC(=O)O)cc2)cc1)N(CC(O)c1cccc(Cl)c1)C(=O)OC(C)(C)C. The number of carbonyl (C=O) groups is 3. The van der Waals surface area contributed by atoms with Gasteiger partial charge in [0.25, 0.3) is 5.91 Å². The van der Waals surface area contributed by atoms with Crippen LogP contribution in [0.4, 0.5) is 4.79 Å². The number of carboxylic acids is 1. The maximum atomic E-state index is 13.2. The van der Waals surface area contributed by atoms with Gasteiger partial charge in [0.1, 0.15) is 12.1 Å². The second-order valence-electron chi connectivity index (χ2n) is 11.0. The molecule has 3 aromatic rings. The first-order valence-corrected chi connectivity index (χ1v) is 15.3. The van der Waals surface area contributed by atoms with Gasteiger partial charge in [0.2, 0.25) is 9.84 Å². The number of rotatable bonds is 11. The lowest BCUT2D eigenvalue weighted by Gasteiger charge is -2.33. The number of amides is 2. The van der Waals surface area contributed by atoms with Crippen LogP contribution >= 0.6 is 11.6 Å². The van der Waals surface area contributed by atoms with E-state index in [0.29, 0.717) is 17.0 Å². The number of hydrogen-bond acceptors (Lipinski definition) is 7. The number of aliphatic hydroxyl groups is 1. The van der Waals surface area contributed by atoms with E-state index in [1.54, 1.807) is 57.2 Å². The van der Waals surface area contributed by atoms with E-state index in [-0.39, 0.29) is 21.9 Å². The zero-order chi connectivity index (χ0) is 31.9. The van der Waals surface area contributed by atoms with Crippen LogP contribution in [0.5, 0.6) is 0 Å². The summed E-state index contributed by atoms with van der Waals surface area (Å²) in [6, 6.07) is 17.7. The van der Waals surface area contributed by atoms with Gasteiger partial charge in [-0.2, -0.15) is 0 Å². The van der Waals surface area contributed by atoms with Crippen LogP contribution in [-0.4, -0.2) is 66.2 Å². The van der Waals surface area contributed by atoms with Gasteiger partial charge >= 0.3 is 12.1 Å². The average Bonchev–Trinajstić information content (AvgIpc) is 2.93. The Hall–Kier alpha value is -3.93. The minimum Gasteiger partial charge on any atom is -0.480 e. The van der Waals surface area contributed by atoms with Crippen LogP contribution in [-0.2, 0) is 25.8 Å². The molecule has 3 aromatic carbocycles. The van der Waals surface area contributed by atoms with Crippen molar-refractivity contribution in [3.8, 4) is 0 Å². The molecular formula is C31H35ClN2O8S. The number of halogens is 1. The molecule has 0 aliphatic rings. The molecule has 0 aromatic heterocycles. The van der Waals surface area contributed by atoms with E-state index in [0.717, 1.165) is 5.56 Å². The molecule has 3 N–H and O–H groups in total. The first-order chi connectivity index (χ1) is 20.1. The molecular weight excluding hydrogens is 596 g/mol. The first kappa shape index (κ1) is 33.6. The third kappa shape index (κ3) is 9.54. The van der Waals surface area contributed by atoms with Crippen molar-refractivity contribution in [2.75, 3.05) is 13.1 Å². The number of sulfone groups is 1. The lowest BCUT2D eigenvalue weighted by molar-refractivity contribution is -0.135. The van der Waals surface area contributed by atoms with Crippen LogP contribution in [0.2, 0.25) is 5.02 Å². The fourth-order valence-corrected chi connectivity index (χ4v) is 5.66. The smallest absolute Gasteiger partial charge is 0.410 e. The predicted molar refractivity (Wildman–Crippen MR) is 161 cm³/mol. The molecule has 10 nitrogen and oxygen atoms in total. The first-order valence-electron chi connectivity index (χ1n) is 13.4. The van der Waals surface area contributed by atoms with E-state index in [1.807, 2.05) is 6.92 Å². The Labute approximate surface area is 256 Å². The molecule has 2 unspecified atom stereocenters. The van der Waals surface area contributed by atoms with Crippen LogP contribution in [0.3, 0.4) is 0 Å². The molecule has 12 heteroatoms. The van der Waals surface area contributed by atoms with Crippen LogP contribution in [0.15, 0.2) is 82.6 Å². The Bertz CT molecular complexity index is 1550. The molecule has 43 heavy (non-hydrogen) atoms. The molecule has 0 fully saturated rings. The van der Waals surface area contributed by atoms with Crippen molar-refractivity contribution in [3.63, 3.8) is 0 Å². The topological polar surface area (TPSA) is 150 Å². The standard InChI is InChI=1S/C31H35ClN2O8S/c1-20(34(30(39)42-31(2,3)4)19-27(35)23-6-5-7-24(32)17-23)16-21-8-12-25(13-9-21)43(40,41)26-14-10-22(11-15-26)29(38)33-18-28(36)37/h5-15,17,20,27,35H,16,18-19H2,1-4H3,(H,33,38)(H,36,37). The molecule has 0 aliphatic carbocycles. The highest BCUT2D eigenvalue weighted by molar-refractivity contribution is 7.91. The number of benzene rings is 3. The van der Waals surface area contributed by atoms with Gasteiger partial charge in [-0.25, -0.2) is 13.2 Å². The summed E-state index contributed by atoms with van der Waals surface area (Å²) >= 11 is 6.08. The Morgan fingerprint density at radius 3 is 2.09 bits per heavy atom. The number of carbonyl (C=O) groups excluding carboxylic acids is 2. The van der Waals surface area contributed by atoms with Crippen LogP contribution < -0.4 is 5.32 Å². The van der Waals surface area contributed by atoms with Gasteiger partial charge in [0, 0.05) is 16.6 Å². The Kier molecular flexibility index (Phi) is 11.0. The maximum Gasteiger partial charge on any atom is 0.410 e.